The molecule has 0 aliphatic carbocycles. The van der Waals surface area contributed by atoms with E-state index in [-0.39, 0.29) is 16.7 Å². The number of piperidine rings is 2. The first-order valence-corrected chi connectivity index (χ1v) is 12.8. The average Bonchev–Trinajstić information content (AvgIpc) is 3.31. The molecule has 3 heterocycles. The highest BCUT2D eigenvalue weighted by atomic mass is 32.2. The van der Waals surface area contributed by atoms with Crippen LogP contribution in [0, 0.1) is 5.92 Å². The van der Waals surface area contributed by atoms with Crippen LogP contribution in [-0.2, 0) is 10.0 Å². The van der Waals surface area contributed by atoms with Gasteiger partial charge in [0, 0.05) is 31.7 Å². The van der Waals surface area contributed by atoms with Crippen molar-refractivity contribution in [2.75, 3.05) is 39.3 Å². The van der Waals surface area contributed by atoms with Gasteiger partial charge in [-0.05, 0) is 69.0 Å². The number of aromatic nitrogens is 2. The second kappa shape index (κ2) is 10.1. The number of benzene rings is 1. The SMILES string of the molecule is CC1CCN(CCNC(=O)c2nnc(-c3ccc(S(=O)(=O)N4CCCCC4)cc3)o2)CC1. The first kappa shape index (κ1) is 22.9. The minimum atomic E-state index is -3.49. The smallest absolute Gasteiger partial charge is 0.308 e. The summed E-state index contributed by atoms with van der Waals surface area (Å²) >= 11 is 0. The highest BCUT2D eigenvalue weighted by molar-refractivity contribution is 7.89. The normalized spacial score (nSPS) is 19.2. The molecule has 10 heteroatoms. The maximum Gasteiger partial charge on any atom is 0.308 e. The number of hydrogen-bond donors (Lipinski definition) is 1. The van der Waals surface area contributed by atoms with E-state index >= 15 is 0 Å². The van der Waals surface area contributed by atoms with Gasteiger partial charge in [-0.15, -0.1) is 10.2 Å². The summed E-state index contributed by atoms with van der Waals surface area (Å²) in [7, 11) is -3.49. The Balaban J connectivity index is 1.33. The van der Waals surface area contributed by atoms with E-state index in [1.165, 1.54) is 17.1 Å². The third kappa shape index (κ3) is 5.36. The molecule has 1 aromatic carbocycles. The molecule has 2 saturated heterocycles. The molecule has 1 amide bonds. The summed E-state index contributed by atoms with van der Waals surface area (Å²) < 4.78 is 32.6. The van der Waals surface area contributed by atoms with Gasteiger partial charge in [0.2, 0.25) is 15.9 Å². The molecule has 2 aliphatic heterocycles. The van der Waals surface area contributed by atoms with Crippen LogP contribution in [0.2, 0.25) is 0 Å². The third-order valence-electron chi connectivity index (χ3n) is 6.26. The second-order valence-electron chi connectivity index (χ2n) is 8.68. The summed E-state index contributed by atoms with van der Waals surface area (Å²) in [5, 5.41) is 10.6. The summed E-state index contributed by atoms with van der Waals surface area (Å²) in [6, 6.07) is 6.35. The Morgan fingerprint density at radius 1 is 1.06 bits per heavy atom. The molecule has 0 saturated carbocycles. The van der Waals surface area contributed by atoms with Crippen LogP contribution in [0.1, 0.15) is 49.7 Å². The van der Waals surface area contributed by atoms with Gasteiger partial charge < -0.3 is 14.6 Å². The van der Waals surface area contributed by atoms with Crippen LogP contribution in [0.15, 0.2) is 33.6 Å². The molecule has 1 aromatic heterocycles. The standard InChI is InChI=1S/C22H31N5O4S/c1-17-9-14-26(15-10-17)16-11-23-20(28)22-25-24-21(31-22)18-5-7-19(8-6-18)32(29,30)27-12-3-2-4-13-27/h5-8,17H,2-4,9-16H2,1H3,(H,23,28). The van der Waals surface area contributed by atoms with E-state index in [2.05, 4.69) is 27.3 Å². The number of nitrogens with zero attached hydrogens (tertiary/aromatic N) is 4. The Hall–Kier alpha value is -2.30. The first-order valence-electron chi connectivity index (χ1n) is 11.4. The lowest BCUT2D eigenvalue weighted by atomic mass is 9.99. The maximum absolute atomic E-state index is 12.8. The lowest BCUT2D eigenvalue weighted by Crippen LogP contribution is -2.39. The minimum Gasteiger partial charge on any atom is -0.412 e. The van der Waals surface area contributed by atoms with Gasteiger partial charge in [-0.25, -0.2) is 8.42 Å². The molecule has 2 aromatic rings. The largest absolute Gasteiger partial charge is 0.412 e. The number of amides is 1. The Morgan fingerprint density at radius 2 is 1.75 bits per heavy atom. The van der Waals surface area contributed by atoms with Crippen molar-refractivity contribution < 1.29 is 17.6 Å². The number of likely N-dealkylation sites (tertiary alicyclic amines) is 1. The van der Waals surface area contributed by atoms with Gasteiger partial charge in [0.05, 0.1) is 4.90 Å². The van der Waals surface area contributed by atoms with Crippen LogP contribution in [0.5, 0.6) is 0 Å². The Bertz CT molecular complexity index is 1010. The molecule has 2 fully saturated rings. The van der Waals surface area contributed by atoms with Crippen LogP contribution in [0.4, 0.5) is 0 Å². The molecule has 174 valence electrons. The van der Waals surface area contributed by atoms with Crippen LogP contribution >= 0.6 is 0 Å². The van der Waals surface area contributed by atoms with E-state index in [4.69, 9.17) is 4.42 Å². The molecule has 1 N–H and O–H groups in total. The van der Waals surface area contributed by atoms with E-state index in [1.807, 2.05) is 0 Å². The number of carbonyl (C=O) groups is 1. The third-order valence-corrected chi connectivity index (χ3v) is 8.18. The highest BCUT2D eigenvalue weighted by Gasteiger charge is 2.26. The maximum atomic E-state index is 12.8. The van der Waals surface area contributed by atoms with E-state index in [1.54, 1.807) is 24.3 Å². The molecule has 0 unspecified atom stereocenters. The van der Waals surface area contributed by atoms with Crippen molar-refractivity contribution in [3.05, 3.63) is 30.2 Å². The van der Waals surface area contributed by atoms with Crippen LogP contribution in [0.3, 0.4) is 0 Å². The van der Waals surface area contributed by atoms with Crippen LogP contribution < -0.4 is 5.32 Å². The van der Waals surface area contributed by atoms with Gasteiger partial charge in [0.25, 0.3) is 0 Å². The summed E-state index contributed by atoms with van der Waals surface area (Å²) in [6.07, 6.45) is 5.23. The molecular weight excluding hydrogens is 430 g/mol. The van der Waals surface area contributed by atoms with Crippen molar-refractivity contribution in [2.24, 2.45) is 5.92 Å². The number of rotatable bonds is 7. The molecule has 32 heavy (non-hydrogen) atoms. The highest BCUT2D eigenvalue weighted by Crippen LogP contribution is 2.24. The quantitative estimate of drug-likeness (QED) is 0.674. The molecule has 0 spiro atoms. The molecule has 2 aliphatic rings. The van der Waals surface area contributed by atoms with Crippen molar-refractivity contribution in [3.63, 3.8) is 0 Å². The fourth-order valence-corrected chi connectivity index (χ4v) is 5.66. The Kier molecular flexibility index (Phi) is 7.22. The summed E-state index contributed by atoms with van der Waals surface area (Å²) in [4.78, 5) is 14.9. The van der Waals surface area contributed by atoms with E-state index in [0.29, 0.717) is 25.2 Å². The van der Waals surface area contributed by atoms with Gasteiger partial charge in [-0.1, -0.05) is 13.3 Å². The summed E-state index contributed by atoms with van der Waals surface area (Å²) in [5.74, 6) is 0.453. The topological polar surface area (TPSA) is 109 Å². The van der Waals surface area contributed by atoms with Gasteiger partial charge in [0.1, 0.15) is 0 Å². The van der Waals surface area contributed by atoms with E-state index in [0.717, 1.165) is 44.8 Å². The van der Waals surface area contributed by atoms with Crippen molar-refractivity contribution in [1.29, 1.82) is 0 Å². The molecule has 4 rings (SSSR count). The lowest BCUT2D eigenvalue weighted by Gasteiger charge is -2.29. The van der Waals surface area contributed by atoms with Gasteiger partial charge >= 0.3 is 11.8 Å². The zero-order valence-corrected chi connectivity index (χ0v) is 19.3. The predicted molar refractivity (Wildman–Crippen MR) is 120 cm³/mol. The van der Waals surface area contributed by atoms with Gasteiger partial charge in [-0.2, -0.15) is 4.31 Å². The predicted octanol–water partition coefficient (Wildman–Crippen LogP) is 2.37. The number of carbonyl (C=O) groups excluding carboxylic acids is 1. The molecule has 0 atom stereocenters. The van der Waals surface area contributed by atoms with Crippen molar-refractivity contribution >= 4 is 15.9 Å². The van der Waals surface area contributed by atoms with E-state index in [9.17, 15) is 13.2 Å². The summed E-state index contributed by atoms with van der Waals surface area (Å²) in [5.41, 5.74) is 0.566. The second-order valence-corrected chi connectivity index (χ2v) is 10.6. The van der Waals surface area contributed by atoms with Crippen LogP contribution in [0.25, 0.3) is 11.5 Å². The summed E-state index contributed by atoms with van der Waals surface area (Å²) in [6.45, 7) is 6.83. The zero-order valence-electron chi connectivity index (χ0n) is 18.5. The minimum absolute atomic E-state index is 0.0997. The number of nitrogens with one attached hydrogen (secondary N) is 1. The Morgan fingerprint density at radius 3 is 2.44 bits per heavy atom. The monoisotopic (exact) mass is 461 g/mol. The van der Waals surface area contributed by atoms with Gasteiger partial charge in [0.15, 0.2) is 0 Å². The zero-order chi connectivity index (χ0) is 22.6. The fourth-order valence-electron chi connectivity index (χ4n) is 4.14. The lowest BCUT2D eigenvalue weighted by molar-refractivity contribution is 0.0910. The first-order chi connectivity index (χ1) is 15.4. The van der Waals surface area contributed by atoms with Crippen LogP contribution in [-0.4, -0.2) is 73.0 Å². The average molecular weight is 462 g/mol. The van der Waals surface area contributed by atoms with Gasteiger partial charge in [-0.3, -0.25) is 4.79 Å². The molecular formula is C22H31N5O4S. The molecule has 0 bridgehead atoms. The number of hydrogen-bond acceptors (Lipinski definition) is 7. The molecule has 9 nitrogen and oxygen atoms in total. The van der Waals surface area contributed by atoms with Crippen molar-refractivity contribution in [1.82, 2.24) is 24.7 Å². The fraction of sp³-hybridized carbons (Fsp3) is 0.591. The Labute approximate surface area is 189 Å². The molecule has 0 radical (unpaired) electrons. The van der Waals surface area contributed by atoms with E-state index < -0.39 is 15.9 Å². The van der Waals surface area contributed by atoms with Crippen molar-refractivity contribution in [2.45, 2.75) is 43.9 Å². The number of sulfonamides is 1. The van der Waals surface area contributed by atoms with Crippen molar-refractivity contribution in [3.8, 4) is 11.5 Å².